The van der Waals surface area contributed by atoms with E-state index >= 15 is 0 Å². The molecule has 0 unspecified atom stereocenters. The van der Waals surface area contributed by atoms with Crippen molar-refractivity contribution in [2.45, 2.75) is 6.42 Å². The summed E-state index contributed by atoms with van der Waals surface area (Å²) in [7, 11) is 1.20. The molecule has 1 aliphatic heterocycles. The first-order valence-corrected chi connectivity index (χ1v) is 5.23. The van der Waals surface area contributed by atoms with Crippen molar-refractivity contribution in [3.05, 3.63) is 29.6 Å². The number of hydrogen-bond acceptors (Lipinski definition) is 4. The second-order valence-electron chi connectivity index (χ2n) is 3.85. The number of carbonyl (C=O) groups is 3. The Balaban J connectivity index is 2.41. The van der Waals surface area contributed by atoms with Crippen LogP contribution in [0.25, 0.3) is 0 Å². The van der Waals surface area contributed by atoms with E-state index in [4.69, 9.17) is 0 Å². The third kappa shape index (κ3) is 2.09. The molecular weight excluding hydrogens is 241 g/mol. The maximum absolute atomic E-state index is 13.6. The molecule has 0 radical (unpaired) electrons. The summed E-state index contributed by atoms with van der Waals surface area (Å²) in [6, 6.07) is 3.53. The second-order valence-corrected chi connectivity index (χ2v) is 3.85. The Hall–Kier alpha value is -2.24. The van der Waals surface area contributed by atoms with Crippen LogP contribution in [-0.2, 0) is 14.3 Å². The van der Waals surface area contributed by atoms with Crippen LogP contribution in [0, 0.1) is 5.82 Å². The van der Waals surface area contributed by atoms with Gasteiger partial charge in [0.15, 0.2) is 5.78 Å². The number of amides is 1. The molecule has 1 aromatic rings. The molecule has 1 amide bonds. The third-order valence-electron chi connectivity index (χ3n) is 2.64. The van der Waals surface area contributed by atoms with Gasteiger partial charge in [0.2, 0.25) is 5.91 Å². The first-order valence-electron chi connectivity index (χ1n) is 5.23. The number of benzene rings is 1. The Morgan fingerprint density at radius 1 is 1.39 bits per heavy atom. The molecule has 0 atom stereocenters. The molecule has 0 spiro atoms. The first-order chi connectivity index (χ1) is 8.52. The number of hydrogen-bond donors (Lipinski definition) is 0. The van der Waals surface area contributed by atoms with Crippen molar-refractivity contribution >= 4 is 23.3 Å². The van der Waals surface area contributed by atoms with E-state index in [-0.39, 0.29) is 30.0 Å². The first kappa shape index (κ1) is 12.2. The van der Waals surface area contributed by atoms with Crippen molar-refractivity contribution in [1.82, 2.24) is 0 Å². The highest BCUT2D eigenvalue weighted by molar-refractivity contribution is 6.15. The van der Waals surface area contributed by atoms with Gasteiger partial charge in [0.25, 0.3) is 0 Å². The van der Waals surface area contributed by atoms with E-state index in [9.17, 15) is 18.8 Å². The third-order valence-corrected chi connectivity index (χ3v) is 2.64. The van der Waals surface area contributed by atoms with Gasteiger partial charge in [0.1, 0.15) is 5.82 Å². The lowest BCUT2D eigenvalue weighted by Crippen LogP contribution is -2.26. The van der Waals surface area contributed by atoms with Crippen LogP contribution >= 0.6 is 0 Å². The van der Waals surface area contributed by atoms with Gasteiger partial charge in [-0.3, -0.25) is 9.59 Å². The molecule has 1 aromatic carbocycles. The molecular formula is C12H10FNO4. The van der Waals surface area contributed by atoms with E-state index in [0.717, 1.165) is 11.0 Å². The summed E-state index contributed by atoms with van der Waals surface area (Å²) >= 11 is 0. The lowest BCUT2D eigenvalue weighted by molar-refractivity contribution is -0.121. The molecule has 0 aliphatic carbocycles. The van der Waals surface area contributed by atoms with Gasteiger partial charge >= 0.3 is 5.97 Å². The minimum Gasteiger partial charge on any atom is -0.465 e. The maximum Gasteiger partial charge on any atom is 0.337 e. The number of carbonyl (C=O) groups excluding carboxylic acids is 3. The number of methoxy groups -OCH3 is 1. The number of nitrogens with zero attached hydrogens (tertiary/aromatic N) is 1. The van der Waals surface area contributed by atoms with Gasteiger partial charge < -0.3 is 9.64 Å². The van der Waals surface area contributed by atoms with Gasteiger partial charge in [-0.1, -0.05) is 0 Å². The van der Waals surface area contributed by atoms with Crippen LogP contribution in [0.2, 0.25) is 0 Å². The smallest absolute Gasteiger partial charge is 0.337 e. The van der Waals surface area contributed by atoms with E-state index in [1.807, 2.05) is 0 Å². The second kappa shape index (κ2) is 4.56. The number of rotatable bonds is 2. The van der Waals surface area contributed by atoms with Gasteiger partial charge in [-0.25, -0.2) is 9.18 Å². The molecule has 6 heteroatoms. The summed E-state index contributed by atoms with van der Waals surface area (Å²) in [4.78, 5) is 35.0. The fourth-order valence-electron chi connectivity index (χ4n) is 1.77. The van der Waals surface area contributed by atoms with Crippen LogP contribution in [0.15, 0.2) is 18.2 Å². The van der Waals surface area contributed by atoms with E-state index in [1.165, 1.54) is 19.2 Å². The summed E-state index contributed by atoms with van der Waals surface area (Å²) in [5, 5.41) is 0. The normalized spacial score (nSPS) is 15.1. The zero-order valence-corrected chi connectivity index (χ0v) is 9.60. The summed E-state index contributed by atoms with van der Waals surface area (Å²) in [6.45, 7) is -0.166. The van der Waals surface area contributed by atoms with E-state index < -0.39 is 17.7 Å². The number of Topliss-reactive ketones (excluding diaryl/α,β-unsaturated/α-hetero) is 1. The van der Waals surface area contributed by atoms with E-state index in [1.54, 1.807) is 0 Å². The molecule has 0 aromatic heterocycles. The SMILES string of the molecule is COC(=O)c1ccc(F)c(N2CC(=O)CC2=O)c1. The largest absolute Gasteiger partial charge is 0.465 e. The highest BCUT2D eigenvalue weighted by Crippen LogP contribution is 2.24. The minimum atomic E-state index is -0.661. The number of halogens is 1. The monoisotopic (exact) mass is 251 g/mol. The van der Waals surface area contributed by atoms with Gasteiger partial charge in [-0.05, 0) is 18.2 Å². The van der Waals surface area contributed by atoms with Crippen molar-refractivity contribution in [2.24, 2.45) is 0 Å². The van der Waals surface area contributed by atoms with Gasteiger partial charge in [0.05, 0.1) is 31.3 Å². The van der Waals surface area contributed by atoms with Crippen molar-refractivity contribution in [1.29, 1.82) is 0 Å². The quantitative estimate of drug-likeness (QED) is 0.579. The molecule has 5 nitrogen and oxygen atoms in total. The molecule has 1 saturated heterocycles. The van der Waals surface area contributed by atoms with Crippen LogP contribution in [0.5, 0.6) is 0 Å². The topological polar surface area (TPSA) is 63.7 Å². The highest BCUT2D eigenvalue weighted by Gasteiger charge is 2.30. The average molecular weight is 251 g/mol. The maximum atomic E-state index is 13.6. The van der Waals surface area contributed by atoms with Crippen LogP contribution in [0.1, 0.15) is 16.8 Å². The summed E-state index contributed by atoms with van der Waals surface area (Å²) < 4.78 is 18.1. The summed E-state index contributed by atoms with van der Waals surface area (Å²) in [6.07, 6.45) is -0.234. The lowest BCUT2D eigenvalue weighted by Gasteiger charge is -2.16. The Morgan fingerprint density at radius 3 is 2.67 bits per heavy atom. The Bertz CT molecular complexity index is 541. The van der Waals surface area contributed by atoms with Crippen molar-refractivity contribution in [3.63, 3.8) is 0 Å². The number of esters is 1. The lowest BCUT2D eigenvalue weighted by atomic mass is 10.2. The molecule has 1 fully saturated rings. The van der Waals surface area contributed by atoms with Gasteiger partial charge in [-0.15, -0.1) is 0 Å². The van der Waals surface area contributed by atoms with Crippen molar-refractivity contribution in [2.75, 3.05) is 18.6 Å². The van der Waals surface area contributed by atoms with E-state index in [0.29, 0.717) is 0 Å². The standard InChI is InChI=1S/C12H10FNO4/c1-18-12(17)7-2-3-9(13)10(4-7)14-6-8(15)5-11(14)16/h2-4H,5-6H2,1H3. The highest BCUT2D eigenvalue weighted by atomic mass is 19.1. The summed E-state index contributed by atoms with van der Waals surface area (Å²) in [5.41, 5.74) is 0.0507. The van der Waals surface area contributed by atoms with Gasteiger partial charge in [-0.2, -0.15) is 0 Å². The Morgan fingerprint density at radius 2 is 2.11 bits per heavy atom. The molecule has 94 valence electrons. The Labute approximate surface area is 102 Å². The minimum absolute atomic E-state index is 0.0752. The molecule has 2 rings (SSSR count). The molecule has 0 saturated carbocycles. The van der Waals surface area contributed by atoms with E-state index in [2.05, 4.69) is 4.74 Å². The predicted octanol–water partition coefficient (Wildman–Crippen LogP) is 0.918. The zero-order chi connectivity index (χ0) is 13.3. The summed E-state index contributed by atoms with van der Waals surface area (Å²) in [5.74, 6) is -2.04. The van der Waals surface area contributed by atoms with Crippen molar-refractivity contribution in [3.8, 4) is 0 Å². The van der Waals surface area contributed by atoms with Crippen LogP contribution in [0.3, 0.4) is 0 Å². The molecule has 1 heterocycles. The Kier molecular flexibility index (Phi) is 3.10. The molecule has 0 bridgehead atoms. The zero-order valence-electron chi connectivity index (χ0n) is 9.60. The molecule has 18 heavy (non-hydrogen) atoms. The van der Waals surface area contributed by atoms with Crippen LogP contribution in [0.4, 0.5) is 10.1 Å². The van der Waals surface area contributed by atoms with Crippen molar-refractivity contribution < 1.29 is 23.5 Å². The number of ketones is 1. The number of anilines is 1. The molecule has 1 aliphatic rings. The fourth-order valence-corrected chi connectivity index (χ4v) is 1.77. The van der Waals surface area contributed by atoms with Crippen LogP contribution in [-0.4, -0.2) is 31.3 Å². The number of ether oxygens (including phenoxy) is 1. The van der Waals surface area contributed by atoms with Gasteiger partial charge in [0, 0.05) is 0 Å². The predicted molar refractivity (Wildman–Crippen MR) is 59.7 cm³/mol. The average Bonchev–Trinajstić information content (AvgIpc) is 2.68. The van der Waals surface area contributed by atoms with Crippen LogP contribution < -0.4 is 4.90 Å². The fraction of sp³-hybridized carbons (Fsp3) is 0.250. The molecule has 0 N–H and O–H groups in total.